The molecule has 0 bridgehead atoms. The molecule has 2 rings (SSSR count). The molecule has 1 aromatic rings. The molecule has 1 aliphatic rings. The van der Waals surface area contributed by atoms with Crippen molar-refractivity contribution in [2.24, 2.45) is 0 Å². The van der Waals surface area contributed by atoms with E-state index in [9.17, 15) is 4.39 Å². The molecule has 0 saturated heterocycles. The van der Waals surface area contributed by atoms with Gasteiger partial charge in [-0.05, 0) is 18.9 Å². The summed E-state index contributed by atoms with van der Waals surface area (Å²) in [6.45, 7) is 0.664. The normalized spacial score (nSPS) is 18.3. The first kappa shape index (κ1) is 11.6. The fraction of sp³-hybridized carbons (Fsp3) is 0.571. The van der Waals surface area contributed by atoms with Crippen molar-refractivity contribution in [3.63, 3.8) is 0 Å². The summed E-state index contributed by atoms with van der Waals surface area (Å²) >= 11 is 0. The van der Waals surface area contributed by atoms with Gasteiger partial charge in [0.2, 0.25) is 0 Å². The van der Waals surface area contributed by atoms with Gasteiger partial charge in [-0.2, -0.15) is 0 Å². The van der Waals surface area contributed by atoms with E-state index in [1.807, 2.05) is 12.1 Å². The zero-order chi connectivity index (χ0) is 11.2. The Kier molecular flexibility index (Phi) is 4.34. The summed E-state index contributed by atoms with van der Waals surface area (Å²) in [5.74, 6) is -0.0939. The maximum absolute atomic E-state index is 13.4. The third-order valence-electron chi connectivity index (χ3n) is 3.39. The minimum Gasteiger partial charge on any atom is -0.310 e. The summed E-state index contributed by atoms with van der Waals surface area (Å²) in [7, 11) is 0. The molecule has 0 radical (unpaired) electrons. The number of hydrogen-bond acceptors (Lipinski definition) is 1. The van der Waals surface area contributed by atoms with Crippen molar-refractivity contribution in [1.29, 1.82) is 0 Å². The van der Waals surface area contributed by atoms with Crippen molar-refractivity contribution in [3.8, 4) is 0 Å². The maximum Gasteiger partial charge on any atom is 0.127 e. The lowest BCUT2D eigenvalue weighted by Crippen LogP contribution is -2.28. The van der Waals surface area contributed by atoms with Crippen molar-refractivity contribution in [2.75, 3.05) is 0 Å². The minimum atomic E-state index is -0.0939. The fourth-order valence-corrected chi connectivity index (χ4v) is 2.38. The van der Waals surface area contributed by atoms with E-state index in [1.54, 1.807) is 6.07 Å². The van der Waals surface area contributed by atoms with Gasteiger partial charge in [0, 0.05) is 18.2 Å². The van der Waals surface area contributed by atoms with Gasteiger partial charge in [0.25, 0.3) is 0 Å². The second-order valence-corrected chi connectivity index (χ2v) is 4.66. The molecule has 0 atom stereocenters. The van der Waals surface area contributed by atoms with E-state index in [-0.39, 0.29) is 5.82 Å². The van der Waals surface area contributed by atoms with Crippen LogP contribution in [0, 0.1) is 5.82 Å². The number of hydrogen-bond donors (Lipinski definition) is 1. The molecule has 0 unspecified atom stereocenters. The summed E-state index contributed by atoms with van der Waals surface area (Å²) in [6, 6.07) is 7.61. The number of benzene rings is 1. The second-order valence-electron chi connectivity index (χ2n) is 4.66. The smallest absolute Gasteiger partial charge is 0.127 e. The topological polar surface area (TPSA) is 12.0 Å². The standard InChI is InChI=1S/C14H20FN/c15-14-10-6-5-7-12(14)11-16-13-8-3-1-2-4-9-13/h5-7,10,13,16H,1-4,8-9,11H2. The molecule has 0 amide bonds. The van der Waals surface area contributed by atoms with Crippen molar-refractivity contribution in [2.45, 2.75) is 51.1 Å². The zero-order valence-electron chi connectivity index (χ0n) is 9.71. The molecular formula is C14H20FN. The molecule has 16 heavy (non-hydrogen) atoms. The Labute approximate surface area is 97.1 Å². The number of nitrogens with one attached hydrogen (secondary N) is 1. The highest BCUT2D eigenvalue weighted by Crippen LogP contribution is 2.17. The van der Waals surface area contributed by atoms with Crippen LogP contribution in [0.4, 0.5) is 4.39 Å². The highest BCUT2D eigenvalue weighted by atomic mass is 19.1. The van der Waals surface area contributed by atoms with Crippen molar-refractivity contribution < 1.29 is 4.39 Å². The van der Waals surface area contributed by atoms with Gasteiger partial charge >= 0.3 is 0 Å². The van der Waals surface area contributed by atoms with Crippen LogP contribution in [0.5, 0.6) is 0 Å². The minimum absolute atomic E-state index is 0.0939. The average Bonchev–Trinajstić information content (AvgIpc) is 2.56. The summed E-state index contributed by atoms with van der Waals surface area (Å²) in [4.78, 5) is 0. The molecule has 0 spiro atoms. The zero-order valence-corrected chi connectivity index (χ0v) is 9.71. The Hall–Kier alpha value is -0.890. The van der Waals surface area contributed by atoms with Crippen LogP contribution in [0.1, 0.15) is 44.1 Å². The van der Waals surface area contributed by atoms with Crippen LogP contribution in [-0.2, 0) is 6.54 Å². The Bertz CT molecular complexity index is 316. The van der Waals surface area contributed by atoms with E-state index in [4.69, 9.17) is 0 Å². The van der Waals surface area contributed by atoms with Gasteiger partial charge in [-0.25, -0.2) is 4.39 Å². The van der Waals surface area contributed by atoms with Gasteiger partial charge in [0.05, 0.1) is 0 Å². The highest BCUT2D eigenvalue weighted by molar-refractivity contribution is 5.17. The van der Waals surface area contributed by atoms with E-state index >= 15 is 0 Å². The number of rotatable bonds is 3. The van der Waals surface area contributed by atoms with Crippen LogP contribution in [-0.4, -0.2) is 6.04 Å². The lowest BCUT2D eigenvalue weighted by molar-refractivity contribution is 0.452. The molecule has 1 saturated carbocycles. The van der Waals surface area contributed by atoms with Crippen molar-refractivity contribution in [1.82, 2.24) is 5.32 Å². The van der Waals surface area contributed by atoms with Crippen LogP contribution in [0.15, 0.2) is 24.3 Å². The largest absolute Gasteiger partial charge is 0.310 e. The fourth-order valence-electron chi connectivity index (χ4n) is 2.38. The molecule has 1 aliphatic carbocycles. The van der Waals surface area contributed by atoms with E-state index in [2.05, 4.69) is 5.32 Å². The van der Waals surface area contributed by atoms with Crippen LogP contribution >= 0.6 is 0 Å². The Morgan fingerprint density at radius 3 is 2.44 bits per heavy atom. The van der Waals surface area contributed by atoms with Crippen LogP contribution in [0.25, 0.3) is 0 Å². The average molecular weight is 221 g/mol. The van der Waals surface area contributed by atoms with Gasteiger partial charge in [-0.1, -0.05) is 43.9 Å². The molecule has 0 aliphatic heterocycles. The maximum atomic E-state index is 13.4. The molecule has 0 heterocycles. The van der Waals surface area contributed by atoms with Crippen LogP contribution < -0.4 is 5.32 Å². The summed E-state index contributed by atoms with van der Waals surface area (Å²) in [6.07, 6.45) is 7.84. The summed E-state index contributed by atoms with van der Waals surface area (Å²) in [5.41, 5.74) is 0.784. The van der Waals surface area contributed by atoms with Gasteiger partial charge in [0.1, 0.15) is 5.82 Å². The summed E-state index contributed by atoms with van der Waals surface area (Å²) in [5, 5.41) is 3.48. The monoisotopic (exact) mass is 221 g/mol. The van der Waals surface area contributed by atoms with Gasteiger partial charge < -0.3 is 5.32 Å². The SMILES string of the molecule is Fc1ccccc1CNC1CCCCCC1. The molecule has 2 heteroatoms. The van der Waals surface area contributed by atoms with E-state index < -0.39 is 0 Å². The Balaban J connectivity index is 1.84. The molecular weight excluding hydrogens is 201 g/mol. The predicted octanol–water partition coefficient (Wildman–Crippen LogP) is 3.64. The molecule has 1 fully saturated rings. The molecule has 1 aromatic carbocycles. The lowest BCUT2D eigenvalue weighted by atomic mass is 10.1. The van der Waals surface area contributed by atoms with Gasteiger partial charge in [0.15, 0.2) is 0 Å². The molecule has 1 N–H and O–H groups in total. The first-order valence-electron chi connectivity index (χ1n) is 6.33. The molecule has 0 aromatic heterocycles. The van der Waals surface area contributed by atoms with E-state index in [0.29, 0.717) is 12.6 Å². The van der Waals surface area contributed by atoms with E-state index in [1.165, 1.54) is 44.6 Å². The number of halogens is 1. The Morgan fingerprint density at radius 2 is 1.75 bits per heavy atom. The summed E-state index contributed by atoms with van der Waals surface area (Å²) < 4.78 is 13.4. The first-order chi connectivity index (χ1) is 7.86. The Morgan fingerprint density at radius 1 is 1.06 bits per heavy atom. The van der Waals surface area contributed by atoms with E-state index in [0.717, 1.165) is 5.56 Å². The molecule has 1 nitrogen and oxygen atoms in total. The lowest BCUT2D eigenvalue weighted by Gasteiger charge is -2.16. The first-order valence-corrected chi connectivity index (χ1v) is 6.33. The van der Waals surface area contributed by atoms with Crippen LogP contribution in [0.2, 0.25) is 0 Å². The van der Waals surface area contributed by atoms with Crippen LogP contribution in [0.3, 0.4) is 0 Å². The quantitative estimate of drug-likeness (QED) is 0.768. The van der Waals surface area contributed by atoms with Crippen molar-refractivity contribution >= 4 is 0 Å². The van der Waals surface area contributed by atoms with Gasteiger partial charge in [-0.15, -0.1) is 0 Å². The predicted molar refractivity (Wildman–Crippen MR) is 64.7 cm³/mol. The molecule has 88 valence electrons. The second kappa shape index (κ2) is 6.00. The third kappa shape index (κ3) is 3.31. The highest BCUT2D eigenvalue weighted by Gasteiger charge is 2.11. The third-order valence-corrected chi connectivity index (χ3v) is 3.39. The van der Waals surface area contributed by atoms with Crippen molar-refractivity contribution in [3.05, 3.63) is 35.6 Å². The van der Waals surface area contributed by atoms with Gasteiger partial charge in [-0.3, -0.25) is 0 Å².